The summed E-state index contributed by atoms with van der Waals surface area (Å²) in [4.78, 5) is 0. The quantitative estimate of drug-likeness (QED) is 0.387. The van der Waals surface area contributed by atoms with Crippen LogP contribution in [0.15, 0.2) is 54.6 Å². The van der Waals surface area contributed by atoms with Gasteiger partial charge in [-0.2, -0.15) is 0 Å². The van der Waals surface area contributed by atoms with Gasteiger partial charge in [0.15, 0.2) is 11.5 Å². The lowest BCUT2D eigenvalue weighted by atomic mass is 9.94. The van der Waals surface area contributed by atoms with Crippen LogP contribution in [0.5, 0.6) is 11.5 Å². The molecule has 108 valence electrons. The molecular formula is C20H16O2. The zero-order valence-electron chi connectivity index (χ0n) is 12.6. The van der Waals surface area contributed by atoms with Crippen LogP contribution >= 0.6 is 0 Å². The van der Waals surface area contributed by atoms with Crippen molar-refractivity contribution >= 4 is 32.3 Å². The normalized spacial score (nSPS) is 11.4. The summed E-state index contributed by atoms with van der Waals surface area (Å²) in [6, 6.07) is 18.5. The van der Waals surface area contributed by atoms with Gasteiger partial charge in [0.2, 0.25) is 0 Å². The highest BCUT2D eigenvalue weighted by atomic mass is 16.5. The third-order valence-corrected chi connectivity index (χ3v) is 4.35. The fraction of sp³-hybridized carbons (Fsp3) is 0.100. The molecule has 0 saturated heterocycles. The van der Waals surface area contributed by atoms with E-state index in [1.807, 2.05) is 24.3 Å². The molecule has 0 heterocycles. The average Bonchev–Trinajstić information content (AvgIpc) is 2.54. The fourth-order valence-electron chi connectivity index (χ4n) is 3.31. The Labute approximate surface area is 128 Å². The van der Waals surface area contributed by atoms with Crippen LogP contribution in [0.1, 0.15) is 5.56 Å². The van der Waals surface area contributed by atoms with Crippen LogP contribution in [0.3, 0.4) is 0 Å². The standard InChI is InChI=1S/C20H16O2/c1-12-6-5-9-15-18(12)16-10-13-7-3-4-8-14(13)11-17(16)20(22-2)19(15)21/h3-11,21H,1-2H3. The number of hydrogen-bond donors (Lipinski definition) is 1. The van der Waals surface area contributed by atoms with Gasteiger partial charge >= 0.3 is 0 Å². The Balaban J connectivity index is 2.35. The van der Waals surface area contributed by atoms with E-state index in [2.05, 4.69) is 37.3 Å². The Morgan fingerprint density at radius 1 is 0.818 bits per heavy atom. The molecule has 0 radical (unpaired) electrons. The summed E-state index contributed by atoms with van der Waals surface area (Å²) in [6.07, 6.45) is 0. The highest BCUT2D eigenvalue weighted by Gasteiger charge is 2.16. The van der Waals surface area contributed by atoms with E-state index in [1.165, 1.54) is 5.39 Å². The Hall–Kier alpha value is -2.74. The molecule has 22 heavy (non-hydrogen) atoms. The van der Waals surface area contributed by atoms with Crippen molar-refractivity contribution in [1.29, 1.82) is 0 Å². The summed E-state index contributed by atoms with van der Waals surface area (Å²) in [5, 5.41) is 16.9. The smallest absolute Gasteiger partial charge is 0.168 e. The van der Waals surface area contributed by atoms with Gasteiger partial charge in [0, 0.05) is 10.8 Å². The van der Waals surface area contributed by atoms with Crippen molar-refractivity contribution in [3.63, 3.8) is 0 Å². The lowest BCUT2D eigenvalue weighted by molar-refractivity contribution is 0.381. The summed E-state index contributed by atoms with van der Waals surface area (Å²) in [6.45, 7) is 2.07. The highest BCUT2D eigenvalue weighted by Crippen LogP contribution is 2.44. The third kappa shape index (κ3) is 1.67. The second-order valence-electron chi connectivity index (χ2n) is 5.62. The molecule has 0 aliphatic rings. The maximum Gasteiger partial charge on any atom is 0.168 e. The average molecular weight is 288 g/mol. The first-order valence-corrected chi connectivity index (χ1v) is 7.31. The van der Waals surface area contributed by atoms with Gasteiger partial charge in [-0.1, -0.05) is 42.5 Å². The minimum atomic E-state index is 0.212. The van der Waals surface area contributed by atoms with E-state index in [9.17, 15) is 5.11 Å². The molecule has 4 rings (SSSR count). The lowest BCUT2D eigenvalue weighted by Gasteiger charge is -2.15. The summed E-state index contributed by atoms with van der Waals surface area (Å²) >= 11 is 0. The third-order valence-electron chi connectivity index (χ3n) is 4.35. The van der Waals surface area contributed by atoms with E-state index in [0.717, 1.165) is 32.5 Å². The van der Waals surface area contributed by atoms with Crippen LogP contribution in [-0.2, 0) is 0 Å². The number of fused-ring (bicyclic) bond motifs is 4. The van der Waals surface area contributed by atoms with Crippen molar-refractivity contribution in [1.82, 2.24) is 0 Å². The highest BCUT2D eigenvalue weighted by molar-refractivity contribution is 6.18. The molecule has 1 N–H and O–H groups in total. The largest absolute Gasteiger partial charge is 0.504 e. The molecule has 0 aliphatic heterocycles. The molecule has 4 aromatic rings. The number of rotatable bonds is 1. The Kier molecular flexibility index (Phi) is 2.73. The van der Waals surface area contributed by atoms with Crippen LogP contribution in [0.2, 0.25) is 0 Å². The first-order valence-electron chi connectivity index (χ1n) is 7.31. The van der Waals surface area contributed by atoms with Gasteiger partial charge < -0.3 is 9.84 Å². The van der Waals surface area contributed by atoms with Crippen LogP contribution in [0.25, 0.3) is 32.3 Å². The van der Waals surface area contributed by atoms with Crippen LogP contribution in [0.4, 0.5) is 0 Å². The monoisotopic (exact) mass is 288 g/mol. The van der Waals surface area contributed by atoms with Gasteiger partial charge in [-0.3, -0.25) is 0 Å². The number of aromatic hydroxyl groups is 1. The van der Waals surface area contributed by atoms with E-state index in [-0.39, 0.29) is 5.75 Å². The molecule has 0 aromatic heterocycles. The number of phenolic OH excluding ortho intramolecular Hbond substituents is 1. The number of benzene rings is 4. The van der Waals surface area contributed by atoms with E-state index in [4.69, 9.17) is 4.74 Å². The predicted molar refractivity (Wildman–Crippen MR) is 91.9 cm³/mol. The molecule has 0 atom stereocenters. The molecule has 2 heteroatoms. The first-order chi connectivity index (χ1) is 10.7. The van der Waals surface area contributed by atoms with E-state index < -0.39 is 0 Å². The van der Waals surface area contributed by atoms with Crippen molar-refractivity contribution in [2.75, 3.05) is 7.11 Å². The molecule has 0 saturated carbocycles. The Morgan fingerprint density at radius 3 is 2.18 bits per heavy atom. The van der Waals surface area contributed by atoms with E-state index in [1.54, 1.807) is 7.11 Å². The second-order valence-corrected chi connectivity index (χ2v) is 5.62. The number of ether oxygens (including phenoxy) is 1. The van der Waals surface area contributed by atoms with E-state index >= 15 is 0 Å². The van der Waals surface area contributed by atoms with Crippen molar-refractivity contribution in [2.24, 2.45) is 0 Å². The second kappa shape index (κ2) is 4.63. The summed E-state index contributed by atoms with van der Waals surface area (Å²) < 4.78 is 5.51. The number of hydrogen-bond acceptors (Lipinski definition) is 2. The van der Waals surface area contributed by atoms with Crippen molar-refractivity contribution in [2.45, 2.75) is 6.92 Å². The van der Waals surface area contributed by atoms with Crippen molar-refractivity contribution < 1.29 is 9.84 Å². The Morgan fingerprint density at radius 2 is 1.50 bits per heavy atom. The van der Waals surface area contributed by atoms with Crippen LogP contribution in [-0.4, -0.2) is 12.2 Å². The summed E-state index contributed by atoms with van der Waals surface area (Å²) in [5.41, 5.74) is 1.15. The molecule has 0 fully saturated rings. The maximum atomic E-state index is 10.6. The predicted octanol–water partition coefficient (Wildman–Crippen LogP) is 5.17. The topological polar surface area (TPSA) is 29.5 Å². The molecule has 0 spiro atoms. The molecule has 0 unspecified atom stereocenters. The summed E-state index contributed by atoms with van der Waals surface area (Å²) in [7, 11) is 1.60. The van der Waals surface area contributed by atoms with Crippen molar-refractivity contribution in [3.05, 3.63) is 60.2 Å². The molecule has 0 bridgehead atoms. The molecule has 2 nitrogen and oxygen atoms in total. The first kappa shape index (κ1) is 13.0. The summed E-state index contributed by atoms with van der Waals surface area (Å²) in [5.74, 6) is 0.753. The number of aryl methyl sites for hydroxylation is 1. The molecular weight excluding hydrogens is 272 g/mol. The minimum Gasteiger partial charge on any atom is -0.504 e. The maximum absolute atomic E-state index is 10.6. The lowest BCUT2D eigenvalue weighted by Crippen LogP contribution is -1.90. The fourth-order valence-corrected chi connectivity index (χ4v) is 3.31. The van der Waals surface area contributed by atoms with Gasteiger partial charge in [-0.15, -0.1) is 0 Å². The van der Waals surface area contributed by atoms with Gasteiger partial charge in [-0.05, 0) is 46.2 Å². The van der Waals surface area contributed by atoms with Gasteiger partial charge in [0.25, 0.3) is 0 Å². The molecule has 4 aromatic carbocycles. The SMILES string of the molecule is COc1c(O)c2cccc(C)c2c2cc3ccccc3cc12. The minimum absolute atomic E-state index is 0.212. The van der Waals surface area contributed by atoms with Crippen LogP contribution in [0, 0.1) is 6.92 Å². The van der Waals surface area contributed by atoms with Gasteiger partial charge in [-0.25, -0.2) is 0 Å². The zero-order valence-corrected chi connectivity index (χ0v) is 12.6. The number of methoxy groups -OCH3 is 1. The molecule has 0 aliphatic carbocycles. The molecule has 0 amide bonds. The zero-order chi connectivity index (χ0) is 15.3. The van der Waals surface area contributed by atoms with Gasteiger partial charge in [0.05, 0.1) is 7.11 Å². The van der Waals surface area contributed by atoms with Crippen molar-refractivity contribution in [3.8, 4) is 11.5 Å². The van der Waals surface area contributed by atoms with E-state index in [0.29, 0.717) is 5.75 Å². The van der Waals surface area contributed by atoms with Crippen LogP contribution < -0.4 is 4.74 Å². The number of phenols is 1. The van der Waals surface area contributed by atoms with Gasteiger partial charge in [0.1, 0.15) is 0 Å². The Bertz CT molecular complexity index is 1030.